The first-order valence-electron chi connectivity index (χ1n) is 8.83. The van der Waals surface area contributed by atoms with Gasteiger partial charge in [0.05, 0.1) is 12.2 Å². The lowest BCUT2D eigenvalue weighted by atomic mass is 10.1. The fourth-order valence-electron chi connectivity index (χ4n) is 2.67. The van der Waals surface area contributed by atoms with Crippen LogP contribution in [0.25, 0.3) is 11.4 Å². The summed E-state index contributed by atoms with van der Waals surface area (Å²) in [6.07, 6.45) is 1.65. The SMILES string of the molecule is C=CCN(Cc1nc(-c2ccc(Cl)cc2)no1)C(=O)c1ccccc1OCC. The van der Waals surface area contributed by atoms with Crippen molar-refractivity contribution in [2.24, 2.45) is 0 Å². The molecule has 0 aliphatic carbocycles. The van der Waals surface area contributed by atoms with Crippen molar-refractivity contribution in [2.45, 2.75) is 13.5 Å². The number of carbonyl (C=O) groups is 1. The van der Waals surface area contributed by atoms with Gasteiger partial charge in [-0.15, -0.1) is 6.58 Å². The van der Waals surface area contributed by atoms with E-state index in [2.05, 4.69) is 16.7 Å². The van der Waals surface area contributed by atoms with E-state index in [1.54, 1.807) is 41.3 Å². The molecule has 7 heteroatoms. The molecule has 3 rings (SSSR count). The van der Waals surface area contributed by atoms with E-state index in [0.29, 0.717) is 41.2 Å². The van der Waals surface area contributed by atoms with Crippen molar-refractivity contribution in [1.82, 2.24) is 15.0 Å². The number of benzene rings is 2. The van der Waals surface area contributed by atoms with Crippen LogP contribution in [0.4, 0.5) is 0 Å². The maximum atomic E-state index is 13.0. The van der Waals surface area contributed by atoms with Crippen molar-refractivity contribution < 1.29 is 14.1 Å². The van der Waals surface area contributed by atoms with Gasteiger partial charge in [-0.3, -0.25) is 4.79 Å². The van der Waals surface area contributed by atoms with Gasteiger partial charge in [-0.05, 0) is 43.3 Å². The molecule has 3 aromatic rings. The molecule has 0 aliphatic rings. The van der Waals surface area contributed by atoms with Crippen LogP contribution in [-0.4, -0.2) is 34.1 Å². The van der Waals surface area contributed by atoms with Crippen LogP contribution >= 0.6 is 11.6 Å². The normalized spacial score (nSPS) is 10.5. The van der Waals surface area contributed by atoms with E-state index in [9.17, 15) is 4.79 Å². The van der Waals surface area contributed by atoms with Crippen molar-refractivity contribution in [3.8, 4) is 17.1 Å². The first-order chi connectivity index (χ1) is 13.6. The Morgan fingerprint density at radius 1 is 1.25 bits per heavy atom. The van der Waals surface area contributed by atoms with Gasteiger partial charge in [-0.2, -0.15) is 4.98 Å². The molecule has 0 aliphatic heterocycles. The summed E-state index contributed by atoms with van der Waals surface area (Å²) < 4.78 is 10.9. The van der Waals surface area contributed by atoms with Crippen molar-refractivity contribution in [1.29, 1.82) is 0 Å². The summed E-state index contributed by atoms with van der Waals surface area (Å²) in [7, 11) is 0. The van der Waals surface area contributed by atoms with Gasteiger partial charge in [-0.1, -0.05) is 35.0 Å². The summed E-state index contributed by atoms with van der Waals surface area (Å²) in [6, 6.07) is 14.3. The molecule has 1 heterocycles. The third kappa shape index (κ3) is 4.58. The molecule has 144 valence electrons. The van der Waals surface area contributed by atoms with Crippen LogP contribution in [0, 0.1) is 0 Å². The number of nitrogens with zero attached hydrogens (tertiary/aromatic N) is 3. The van der Waals surface area contributed by atoms with Gasteiger partial charge in [0.1, 0.15) is 12.3 Å². The molecule has 0 radical (unpaired) electrons. The largest absolute Gasteiger partial charge is 0.493 e. The number of para-hydroxylation sites is 1. The second kappa shape index (κ2) is 9.19. The zero-order valence-electron chi connectivity index (χ0n) is 15.5. The average molecular weight is 398 g/mol. The topological polar surface area (TPSA) is 68.5 Å². The van der Waals surface area contributed by atoms with Crippen molar-refractivity contribution in [2.75, 3.05) is 13.2 Å². The summed E-state index contributed by atoms with van der Waals surface area (Å²) >= 11 is 5.91. The zero-order chi connectivity index (χ0) is 19.9. The lowest BCUT2D eigenvalue weighted by Gasteiger charge is -2.20. The molecule has 0 unspecified atom stereocenters. The third-order valence-electron chi connectivity index (χ3n) is 3.95. The van der Waals surface area contributed by atoms with Crippen LogP contribution in [0.15, 0.2) is 65.7 Å². The van der Waals surface area contributed by atoms with Crippen LogP contribution in [-0.2, 0) is 6.54 Å². The summed E-state index contributed by atoms with van der Waals surface area (Å²) in [5.41, 5.74) is 1.26. The minimum atomic E-state index is -0.199. The van der Waals surface area contributed by atoms with Gasteiger partial charge in [0.25, 0.3) is 5.91 Å². The number of rotatable bonds is 8. The Balaban J connectivity index is 1.81. The number of hydrogen-bond donors (Lipinski definition) is 0. The minimum Gasteiger partial charge on any atom is -0.493 e. The highest BCUT2D eigenvalue weighted by atomic mass is 35.5. The second-order valence-electron chi connectivity index (χ2n) is 5.92. The fraction of sp³-hybridized carbons (Fsp3) is 0.190. The van der Waals surface area contributed by atoms with E-state index in [4.69, 9.17) is 20.9 Å². The Morgan fingerprint density at radius 3 is 2.71 bits per heavy atom. The molecule has 0 fully saturated rings. The molecule has 0 N–H and O–H groups in total. The Morgan fingerprint density at radius 2 is 2.00 bits per heavy atom. The quantitative estimate of drug-likeness (QED) is 0.519. The molecule has 1 aromatic heterocycles. The highest BCUT2D eigenvalue weighted by molar-refractivity contribution is 6.30. The fourth-order valence-corrected chi connectivity index (χ4v) is 2.79. The molecule has 28 heavy (non-hydrogen) atoms. The van der Waals surface area contributed by atoms with Crippen molar-refractivity contribution in [3.63, 3.8) is 0 Å². The van der Waals surface area contributed by atoms with E-state index in [0.717, 1.165) is 5.56 Å². The molecule has 6 nitrogen and oxygen atoms in total. The number of halogens is 1. The summed E-state index contributed by atoms with van der Waals surface area (Å²) in [5, 5.41) is 4.62. The number of ether oxygens (including phenoxy) is 1. The summed E-state index contributed by atoms with van der Waals surface area (Å²) in [5.74, 6) is 1.10. The molecule has 0 spiro atoms. The number of aromatic nitrogens is 2. The smallest absolute Gasteiger partial charge is 0.258 e. The zero-order valence-corrected chi connectivity index (χ0v) is 16.2. The minimum absolute atomic E-state index is 0.159. The lowest BCUT2D eigenvalue weighted by molar-refractivity contribution is 0.0741. The van der Waals surface area contributed by atoms with Gasteiger partial charge in [0.2, 0.25) is 11.7 Å². The Labute approximate surface area is 168 Å². The molecular weight excluding hydrogens is 378 g/mol. The first kappa shape index (κ1) is 19.6. The molecule has 2 aromatic carbocycles. The van der Waals surface area contributed by atoms with Crippen LogP contribution in [0.2, 0.25) is 5.02 Å². The molecule has 0 bridgehead atoms. The van der Waals surface area contributed by atoms with Crippen LogP contribution in [0.3, 0.4) is 0 Å². The molecule has 1 amide bonds. The van der Waals surface area contributed by atoms with E-state index in [1.807, 2.05) is 25.1 Å². The molecular formula is C21H20ClN3O3. The standard InChI is InChI=1S/C21H20ClN3O3/c1-3-13-25(21(26)17-7-5-6-8-18(17)27-4-2)14-19-23-20(24-28-19)15-9-11-16(22)12-10-15/h3,5-12H,1,4,13-14H2,2H3. The molecule has 0 atom stereocenters. The van der Waals surface area contributed by atoms with E-state index in [1.165, 1.54) is 0 Å². The van der Waals surface area contributed by atoms with Gasteiger partial charge >= 0.3 is 0 Å². The Bertz CT molecular complexity index is 954. The third-order valence-corrected chi connectivity index (χ3v) is 4.20. The van der Waals surface area contributed by atoms with Crippen molar-refractivity contribution >= 4 is 17.5 Å². The van der Waals surface area contributed by atoms with Gasteiger partial charge in [0, 0.05) is 17.1 Å². The highest BCUT2D eigenvalue weighted by Crippen LogP contribution is 2.22. The monoisotopic (exact) mass is 397 g/mol. The highest BCUT2D eigenvalue weighted by Gasteiger charge is 2.21. The average Bonchev–Trinajstić information content (AvgIpc) is 3.17. The van der Waals surface area contributed by atoms with E-state index >= 15 is 0 Å². The first-order valence-corrected chi connectivity index (χ1v) is 9.20. The van der Waals surface area contributed by atoms with Gasteiger partial charge in [0.15, 0.2) is 0 Å². The molecule has 0 saturated heterocycles. The predicted molar refractivity (Wildman–Crippen MR) is 107 cm³/mol. The maximum Gasteiger partial charge on any atom is 0.258 e. The second-order valence-corrected chi connectivity index (χ2v) is 6.36. The maximum absolute atomic E-state index is 13.0. The Hall–Kier alpha value is -3.12. The summed E-state index contributed by atoms with van der Waals surface area (Å²) in [4.78, 5) is 19.0. The number of carbonyl (C=O) groups excluding carboxylic acids is 1. The molecule has 0 saturated carbocycles. The number of hydrogen-bond acceptors (Lipinski definition) is 5. The summed E-state index contributed by atoms with van der Waals surface area (Å²) in [6.45, 7) is 6.57. The van der Waals surface area contributed by atoms with Crippen molar-refractivity contribution in [3.05, 3.63) is 77.7 Å². The van der Waals surface area contributed by atoms with Gasteiger partial charge < -0.3 is 14.2 Å². The number of amides is 1. The van der Waals surface area contributed by atoms with Crippen LogP contribution < -0.4 is 4.74 Å². The predicted octanol–water partition coefficient (Wildman–Crippen LogP) is 4.62. The van der Waals surface area contributed by atoms with Crippen LogP contribution in [0.5, 0.6) is 5.75 Å². The van der Waals surface area contributed by atoms with Gasteiger partial charge in [-0.25, -0.2) is 0 Å². The van der Waals surface area contributed by atoms with E-state index in [-0.39, 0.29) is 12.5 Å². The van der Waals surface area contributed by atoms with Crippen LogP contribution in [0.1, 0.15) is 23.2 Å². The lowest BCUT2D eigenvalue weighted by Crippen LogP contribution is -2.31. The van der Waals surface area contributed by atoms with E-state index < -0.39 is 0 Å². The Kier molecular flexibility index (Phi) is 6.45.